The Balaban J connectivity index is 1.34. The second-order valence-corrected chi connectivity index (χ2v) is 7.76. The lowest BCUT2D eigenvalue weighted by Gasteiger charge is -2.22. The monoisotopic (exact) mass is 372 g/mol. The molecular formula is C21H36N6. The lowest BCUT2D eigenvalue weighted by Crippen LogP contribution is -2.45. The fourth-order valence-corrected chi connectivity index (χ4v) is 3.97. The molecule has 1 aromatic carbocycles. The van der Waals surface area contributed by atoms with Crippen LogP contribution >= 0.6 is 0 Å². The summed E-state index contributed by atoms with van der Waals surface area (Å²) < 4.78 is 0. The number of rotatable bonds is 6. The van der Waals surface area contributed by atoms with Gasteiger partial charge in [-0.2, -0.15) is 0 Å². The summed E-state index contributed by atoms with van der Waals surface area (Å²) in [5.41, 5.74) is 1.31. The van der Waals surface area contributed by atoms with E-state index in [-0.39, 0.29) is 0 Å². The lowest BCUT2D eigenvalue weighted by atomic mass is 10.2. The molecule has 150 valence electrons. The molecule has 2 saturated heterocycles. The first-order valence-corrected chi connectivity index (χ1v) is 10.4. The van der Waals surface area contributed by atoms with Gasteiger partial charge in [0, 0.05) is 51.5 Å². The number of aliphatic imine (C=N–C) groups is 1. The Kier molecular flexibility index (Phi) is 7.78. The third kappa shape index (κ3) is 6.40. The zero-order valence-electron chi connectivity index (χ0n) is 17.0. The number of likely N-dealkylation sites (N-methyl/N-ethyl adjacent to an activating group) is 1. The number of hydrogen-bond donors (Lipinski definition) is 2. The summed E-state index contributed by atoms with van der Waals surface area (Å²) in [4.78, 5) is 11.9. The zero-order valence-corrected chi connectivity index (χ0v) is 17.0. The number of hydrogen-bond acceptors (Lipinski definition) is 4. The van der Waals surface area contributed by atoms with Crippen LogP contribution in [0, 0.1) is 0 Å². The van der Waals surface area contributed by atoms with Crippen LogP contribution in [0.2, 0.25) is 0 Å². The molecule has 0 amide bonds. The molecule has 3 rings (SSSR count). The molecule has 0 aliphatic carbocycles. The Morgan fingerprint density at radius 2 is 1.96 bits per heavy atom. The molecule has 1 atom stereocenters. The van der Waals surface area contributed by atoms with Crippen LogP contribution in [0.25, 0.3) is 0 Å². The van der Waals surface area contributed by atoms with E-state index in [0.717, 1.165) is 38.4 Å². The van der Waals surface area contributed by atoms with Crippen molar-refractivity contribution in [2.75, 3.05) is 71.4 Å². The number of nitrogens with zero attached hydrogens (tertiary/aromatic N) is 4. The van der Waals surface area contributed by atoms with Crippen LogP contribution < -0.4 is 15.5 Å². The number of benzene rings is 1. The van der Waals surface area contributed by atoms with Crippen molar-refractivity contribution < 1.29 is 0 Å². The highest BCUT2D eigenvalue weighted by molar-refractivity contribution is 5.80. The molecule has 0 aromatic heterocycles. The minimum atomic E-state index is 0.456. The topological polar surface area (TPSA) is 46.1 Å². The van der Waals surface area contributed by atoms with Crippen LogP contribution in [0.15, 0.2) is 35.3 Å². The van der Waals surface area contributed by atoms with Crippen molar-refractivity contribution in [2.24, 2.45) is 4.99 Å². The van der Waals surface area contributed by atoms with Gasteiger partial charge in [0.25, 0.3) is 0 Å². The van der Waals surface area contributed by atoms with E-state index in [9.17, 15) is 0 Å². The maximum absolute atomic E-state index is 4.41. The normalized spacial score (nSPS) is 22.7. The van der Waals surface area contributed by atoms with Gasteiger partial charge >= 0.3 is 0 Å². The molecule has 2 aliphatic rings. The zero-order chi connectivity index (χ0) is 18.9. The van der Waals surface area contributed by atoms with Gasteiger partial charge in [0.15, 0.2) is 5.96 Å². The summed E-state index contributed by atoms with van der Waals surface area (Å²) >= 11 is 0. The number of guanidine groups is 1. The quantitative estimate of drug-likeness (QED) is 0.450. The molecule has 0 saturated carbocycles. The second-order valence-electron chi connectivity index (χ2n) is 7.76. The van der Waals surface area contributed by atoms with Crippen LogP contribution in [-0.2, 0) is 0 Å². The van der Waals surface area contributed by atoms with Crippen molar-refractivity contribution in [1.82, 2.24) is 20.4 Å². The average Bonchev–Trinajstić information content (AvgIpc) is 3.07. The SMILES string of the molecule is CN=C(NCCCN1CCCN(C)CC1)NC1CCN(c2ccccc2)C1. The van der Waals surface area contributed by atoms with Crippen LogP contribution in [0.4, 0.5) is 5.69 Å². The smallest absolute Gasteiger partial charge is 0.191 e. The third-order valence-electron chi connectivity index (χ3n) is 5.63. The van der Waals surface area contributed by atoms with Crippen LogP contribution in [0.5, 0.6) is 0 Å². The summed E-state index contributed by atoms with van der Waals surface area (Å²) in [6.45, 7) is 9.12. The van der Waals surface area contributed by atoms with Gasteiger partial charge in [-0.15, -0.1) is 0 Å². The Morgan fingerprint density at radius 1 is 1.11 bits per heavy atom. The highest BCUT2D eigenvalue weighted by Gasteiger charge is 2.23. The fraction of sp³-hybridized carbons (Fsp3) is 0.667. The van der Waals surface area contributed by atoms with Crippen molar-refractivity contribution >= 4 is 11.6 Å². The largest absolute Gasteiger partial charge is 0.369 e. The van der Waals surface area contributed by atoms with Gasteiger partial charge in [0.2, 0.25) is 0 Å². The lowest BCUT2D eigenvalue weighted by molar-refractivity contribution is 0.274. The van der Waals surface area contributed by atoms with E-state index < -0.39 is 0 Å². The maximum atomic E-state index is 4.41. The summed E-state index contributed by atoms with van der Waals surface area (Å²) in [5.74, 6) is 0.936. The molecule has 2 aliphatic heterocycles. The minimum absolute atomic E-state index is 0.456. The summed E-state index contributed by atoms with van der Waals surface area (Å²) in [6, 6.07) is 11.1. The number of anilines is 1. The van der Waals surface area contributed by atoms with Crippen molar-refractivity contribution in [3.8, 4) is 0 Å². The Hall–Kier alpha value is -1.79. The number of nitrogens with one attached hydrogen (secondary N) is 2. The molecule has 0 spiro atoms. The van der Waals surface area contributed by atoms with Crippen molar-refractivity contribution in [3.05, 3.63) is 30.3 Å². The summed E-state index contributed by atoms with van der Waals surface area (Å²) in [6.07, 6.45) is 3.59. The Bertz CT molecular complexity index is 575. The first-order valence-electron chi connectivity index (χ1n) is 10.4. The Morgan fingerprint density at radius 3 is 2.78 bits per heavy atom. The summed E-state index contributed by atoms with van der Waals surface area (Å²) in [7, 11) is 4.09. The van der Waals surface area contributed by atoms with Crippen LogP contribution in [-0.4, -0.2) is 88.3 Å². The van der Waals surface area contributed by atoms with Crippen molar-refractivity contribution in [1.29, 1.82) is 0 Å². The van der Waals surface area contributed by atoms with Gasteiger partial charge in [-0.25, -0.2) is 0 Å². The Labute approximate surface area is 164 Å². The predicted octanol–water partition coefficient (Wildman–Crippen LogP) is 1.46. The standard InChI is InChI=1S/C21H36N6/c1-22-21(23-11-6-13-26-14-7-12-25(2)16-17-26)24-19-10-15-27(18-19)20-8-4-3-5-9-20/h3-5,8-9,19H,6-7,10-18H2,1-2H3,(H2,22,23,24). The van der Waals surface area contributed by atoms with Gasteiger partial charge in [0.05, 0.1) is 0 Å². The van der Waals surface area contributed by atoms with Gasteiger partial charge in [-0.05, 0) is 58.1 Å². The van der Waals surface area contributed by atoms with E-state index >= 15 is 0 Å². The highest BCUT2D eigenvalue weighted by Crippen LogP contribution is 2.19. The van der Waals surface area contributed by atoms with E-state index in [4.69, 9.17) is 0 Å². The molecule has 6 nitrogen and oxygen atoms in total. The molecule has 6 heteroatoms. The van der Waals surface area contributed by atoms with E-state index in [2.05, 4.69) is 67.7 Å². The van der Waals surface area contributed by atoms with Crippen molar-refractivity contribution in [3.63, 3.8) is 0 Å². The predicted molar refractivity (Wildman–Crippen MR) is 115 cm³/mol. The molecular weight excluding hydrogens is 336 g/mol. The molecule has 2 fully saturated rings. The molecule has 0 radical (unpaired) electrons. The van der Waals surface area contributed by atoms with Crippen LogP contribution in [0.1, 0.15) is 19.3 Å². The van der Waals surface area contributed by atoms with Gasteiger partial charge in [-0.1, -0.05) is 18.2 Å². The molecule has 2 N–H and O–H groups in total. The molecule has 1 unspecified atom stereocenters. The van der Waals surface area contributed by atoms with Gasteiger partial charge < -0.3 is 25.3 Å². The molecule has 2 heterocycles. The fourth-order valence-electron chi connectivity index (χ4n) is 3.97. The molecule has 27 heavy (non-hydrogen) atoms. The first-order chi connectivity index (χ1) is 13.2. The second kappa shape index (κ2) is 10.5. The highest BCUT2D eigenvalue weighted by atomic mass is 15.2. The number of para-hydroxylation sites is 1. The third-order valence-corrected chi connectivity index (χ3v) is 5.63. The first kappa shape index (κ1) is 20.0. The van der Waals surface area contributed by atoms with Gasteiger partial charge in [-0.3, -0.25) is 4.99 Å². The van der Waals surface area contributed by atoms with E-state index in [1.807, 2.05) is 7.05 Å². The van der Waals surface area contributed by atoms with E-state index in [1.165, 1.54) is 44.8 Å². The minimum Gasteiger partial charge on any atom is -0.369 e. The average molecular weight is 373 g/mol. The van der Waals surface area contributed by atoms with Crippen LogP contribution in [0.3, 0.4) is 0 Å². The van der Waals surface area contributed by atoms with E-state index in [1.54, 1.807) is 0 Å². The van der Waals surface area contributed by atoms with Crippen molar-refractivity contribution in [2.45, 2.75) is 25.3 Å². The van der Waals surface area contributed by atoms with Gasteiger partial charge in [0.1, 0.15) is 0 Å². The maximum Gasteiger partial charge on any atom is 0.191 e. The molecule has 0 bridgehead atoms. The summed E-state index contributed by atoms with van der Waals surface area (Å²) in [5, 5.41) is 7.09. The van der Waals surface area contributed by atoms with E-state index in [0.29, 0.717) is 6.04 Å². The molecule has 1 aromatic rings.